The van der Waals surface area contributed by atoms with Gasteiger partial charge in [-0.1, -0.05) is 18.2 Å². The van der Waals surface area contributed by atoms with Crippen LogP contribution in [0.2, 0.25) is 0 Å². The van der Waals surface area contributed by atoms with Gasteiger partial charge >= 0.3 is 0 Å². The lowest BCUT2D eigenvalue weighted by atomic mass is 9.86. The third kappa shape index (κ3) is 3.80. The molecule has 3 nitrogen and oxygen atoms in total. The fraction of sp³-hybridized carbons (Fsp3) is 0.368. The molecule has 1 atom stereocenters. The summed E-state index contributed by atoms with van der Waals surface area (Å²) in [6, 6.07) is 18.5. The van der Waals surface area contributed by atoms with E-state index in [0.29, 0.717) is 6.10 Å². The van der Waals surface area contributed by atoms with E-state index in [1.165, 1.54) is 25.9 Å². The third-order valence-electron chi connectivity index (χ3n) is 4.80. The Kier molecular flexibility index (Phi) is 5.09. The molecular weight excluding hydrogens is 308 g/mol. The molecule has 3 aliphatic rings. The highest BCUT2D eigenvalue weighted by Gasteiger charge is 2.35. The Morgan fingerprint density at radius 2 is 1.52 bits per heavy atom. The monoisotopic (exact) mass is 330 g/mol. The number of nitrogens with zero attached hydrogens (tertiary/aromatic N) is 1. The lowest BCUT2D eigenvalue weighted by Gasteiger charge is -2.44. The highest BCUT2D eigenvalue weighted by atomic mass is 35.5. The van der Waals surface area contributed by atoms with E-state index in [0.717, 1.165) is 29.6 Å². The van der Waals surface area contributed by atoms with Gasteiger partial charge in [0.15, 0.2) is 0 Å². The molecule has 3 heterocycles. The summed E-state index contributed by atoms with van der Waals surface area (Å²) < 4.78 is 6.22. The minimum Gasteiger partial charge on any atom is -0.489 e. The van der Waals surface area contributed by atoms with Gasteiger partial charge < -0.3 is 10.1 Å². The minimum absolute atomic E-state index is 0. The highest BCUT2D eigenvalue weighted by Crippen LogP contribution is 2.31. The van der Waals surface area contributed by atoms with Crippen LogP contribution in [-0.2, 0) is 0 Å². The molecule has 4 heteroatoms. The van der Waals surface area contributed by atoms with E-state index in [9.17, 15) is 0 Å². The molecule has 3 saturated heterocycles. The zero-order valence-electron chi connectivity index (χ0n) is 13.2. The predicted molar refractivity (Wildman–Crippen MR) is 97.0 cm³/mol. The van der Waals surface area contributed by atoms with Gasteiger partial charge in [0.2, 0.25) is 0 Å². The lowest BCUT2D eigenvalue weighted by Crippen LogP contribution is -2.52. The Morgan fingerprint density at radius 3 is 2.13 bits per heavy atom. The number of piperidine rings is 3. The van der Waals surface area contributed by atoms with Gasteiger partial charge in [0, 0.05) is 17.9 Å². The molecule has 23 heavy (non-hydrogen) atoms. The third-order valence-corrected chi connectivity index (χ3v) is 4.80. The Balaban J connectivity index is 0.00000156. The number of rotatable bonds is 4. The van der Waals surface area contributed by atoms with Gasteiger partial charge in [-0.2, -0.15) is 0 Å². The first-order valence-corrected chi connectivity index (χ1v) is 8.18. The molecule has 0 spiro atoms. The number of halogens is 1. The molecule has 0 saturated carbocycles. The fourth-order valence-corrected chi connectivity index (χ4v) is 3.52. The van der Waals surface area contributed by atoms with Crippen LogP contribution in [0.5, 0.6) is 5.75 Å². The van der Waals surface area contributed by atoms with E-state index in [-0.39, 0.29) is 12.4 Å². The molecule has 5 rings (SSSR count). The number of nitrogens with one attached hydrogen (secondary N) is 1. The Labute approximate surface area is 144 Å². The molecule has 2 aromatic rings. The number of fused-ring (bicyclic) bond motifs is 3. The second kappa shape index (κ2) is 7.24. The molecule has 3 fully saturated rings. The lowest BCUT2D eigenvalue weighted by molar-refractivity contribution is -0.00775. The zero-order valence-corrected chi connectivity index (χ0v) is 14.0. The number of hydrogen-bond donors (Lipinski definition) is 1. The van der Waals surface area contributed by atoms with Crippen molar-refractivity contribution >= 4 is 23.8 Å². The molecule has 0 aromatic heterocycles. The van der Waals surface area contributed by atoms with E-state index in [4.69, 9.17) is 4.74 Å². The van der Waals surface area contributed by atoms with Crippen molar-refractivity contribution in [2.75, 3.05) is 25.0 Å². The average Bonchev–Trinajstić information content (AvgIpc) is 2.59. The number of benzene rings is 2. The van der Waals surface area contributed by atoms with E-state index in [1.54, 1.807) is 0 Å². The largest absolute Gasteiger partial charge is 0.489 e. The first-order valence-electron chi connectivity index (χ1n) is 8.18. The summed E-state index contributed by atoms with van der Waals surface area (Å²) in [5.41, 5.74) is 2.20. The molecular formula is C19H23ClN2O. The molecule has 1 N–H and O–H groups in total. The van der Waals surface area contributed by atoms with Gasteiger partial charge in [-0.05, 0) is 68.2 Å². The van der Waals surface area contributed by atoms with E-state index < -0.39 is 0 Å². The maximum atomic E-state index is 6.22. The van der Waals surface area contributed by atoms with Crippen molar-refractivity contribution in [3.8, 4) is 5.75 Å². The minimum atomic E-state index is 0. The van der Waals surface area contributed by atoms with Gasteiger partial charge in [0.1, 0.15) is 11.9 Å². The molecule has 2 bridgehead atoms. The van der Waals surface area contributed by atoms with Crippen molar-refractivity contribution in [3.05, 3.63) is 54.6 Å². The average molecular weight is 331 g/mol. The quantitative estimate of drug-likeness (QED) is 0.903. The Morgan fingerprint density at radius 1 is 0.870 bits per heavy atom. The van der Waals surface area contributed by atoms with Crippen LogP contribution in [-0.4, -0.2) is 30.6 Å². The van der Waals surface area contributed by atoms with Gasteiger partial charge in [-0.25, -0.2) is 0 Å². The van der Waals surface area contributed by atoms with Crippen LogP contribution in [0.1, 0.15) is 12.8 Å². The molecule has 0 radical (unpaired) electrons. The van der Waals surface area contributed by atoms with Crippen LogP contribution in [0.25, 0.3) is 0 Å². The Hall–Kier alpha value is -1.71. The molecule has 0 amide bonds. The van der Waals surface area contributed by atoms with Crippen LogP contribution in [0.4, 0.5) is 11.4 Å². The topological polar surface area (TPSA) is 24.5 Å². The predicted octanol–water partition coefficient (Wildman–Crippen LogP) is 4.33. The molecule has 122 valence electrons. The van der Waals surface area contributed by atoms with Crippen molar-refractivity contribution in [1.82, 2.24) is 4.90 Å². The number of anilines is 2. The maximum Gasteiger partial charge on any atom is 0.119 e. The van der Waals surface area contributed by atoms with Gasteiger partial charge in [-0.15, -0.1) is 12.4 Å². The van der Waals surface area contributed by atoms with Crippen molar-refractivity contribution in [1.29, 1.82) is 0 Å². The number of para-hydroxylation sites is 1. The summed E-state index contributed by atoms with van der Waals surface area (Å²) in [5, 5.41) is 3.40. The van der Waals surface area contributed by atoms with Crippen LogP contribution < -0.4 is 10.1 Å². The Bertz CT molecular complexity index is 609. The normalized spacial score (nSPS) is 25.5. The molecule has 3 aliphatic heterocycles. The zero-order chi connectivity index (χ0) is 14.8. The summed E-state index contributed by atoms with van der Waals surface area (Å²) in [7, 11) is 0. The number of ether oxygens (including phenoxy) is 1. The maximum absolute atomic E-state index is 6.22. The van der Waals surface area contributed by atoms with Crippen LogP contribution in [0.15, 0.2) is 54.6 Å². The second-order valence-electron chi connectivity index (χ2n) is 6.31. The van der Waals surface area contributed by atoms with Crippen LogP contribution in [0, 0.1) is 5.92 Å². The van der Waals surface area contributed by atoms with E-state index >= 15 is 0 Å². The smallest absolute Gasteiger partial charge is 0.119 e. The van der Waals surface area contributed by atoms with Crippen molar-refractivity contribution in [2.24, 2.45) is 5.92 Å². The van der Waals surface area contributed by atoms with Crippen molar-refractivity contribution in [3.63, 3.8) is 0 Å². The highest BCUT2D eigenvalue weighted by molar-refractivity contribution is 5.85. The molecule has 0 aliphatic carbocycles. The second-order valence-corrected chi connectivity index (χ2v) is 6.31. The van der Waals surface area contributed by atoms with Crippen LogP contribution in [0.3, 0.4) is 0 Å². The first-order chi connectivity index (χ1) is 10.9. The number of hydrogen-bond acceptors (Lipinski definition) is 3. The van der Waals surface area contributed by atoms with Crippen LogP contribution >= 0.6 is 12.4 Å². The standard InChI is InChI=1S/C19H22N2O.ClH/c1-2-4-16(5-3-1)20-17-6-8-18(9-7-17)22-19-14-21-12-10-15(19)11-13-21;/h1-9,15,19-20H,10-14H2;1H. The van der Waals surface area contributed by atoms with E-state index in [1.807, 2.05) is 18.2 Å². The van der Waals surface area contributed by atoms with Crippen molar-refractivity contribution < 1.29 is 4.74 Å². The van der Waals surface area contributed by atoms with Crippen molar-refractivity contribution in [2.45, 2.75) is 18.9 Å². The molecule has 2 aromatic carbocycles. The summed E-state index contributed by atoms with van der Waals surface area (Å²) in [4.78, 5) is 2.52. The summed E-state index contributed by atoms with van der Waals surface area (Å²) >= 11 is 0. The van der Waals surface area contributed by atoms with Gasteiger partial charge in [-0.3, -0.25) is 4.90 Å². The van der Waals surface area contributed by atoms with Gasteiger partial charge in [0.25, 0.3) is 0 Å². The SMILES string of the molecule is Cl.c1ccc(Nc2ccc(OC3CN4CCC3CC4)cc2)cc1. The summed E-state index contributed by atoms with van der Waals surface area (Å²) in [6.07, 6.45) is 2.95. The first kappa shape index (κ1) is 16.2. The molecule has 1 unspecified atom stereocenters. The summed E-state index contributed by atoms with van der Waals surface area (Å²) in [6.45, 7) is 3.60. The fourth-order valence-electron chi connectivity index (χ4n) is 3.52. The van der Waals surface area contributed by atoms with Gasteiger partial charge in [0.05, 0.1) is 0 Å². The van der Waals surface area contributed by atoms with E-state index in [2.05, 4.69) is 46.6 Å². The summed E-state index contributed by atoms with van der Waals surface area (Å²) in [5.74, 6) is 1.73.